The minimum atomic E-state index is 0.673. The van der Waals surface area contributed by atoms with E-state index >= 15 is 0 Å². The van der Waals surface area contributed by atoms with Crippen molar-refractivity contribution in [3.8, 4) is 11.5 Å². The molecule has 2 heterocycles. The molecule has 1 aliphatic rings. The van der Waals surface area contributed by atoms with Gasteiger partial charge in [-0.15, -0.1) is 0 Å². The first kappa shape index (κ1) is 9.59. The predicted molar refractivity (Wildman–Crippen MR) is 58.6 cm³/mol. The summed E-state index contributed by atoms with van der Waals surface area (Å²) >= 11 is 0. The van der Waals surface area contributed by atoms with Crippen LogP contribution in [0.25, 0.3) is 11.5 Å². The van der Waals surface area contributed by atoms with Crippen molar-refractivity contribution in [1.82, 2.24) is 19.9 Å². The van der Waals surface area contributed by atoms with Gasteiger partial charge < -0.3 is 14.3 Å². The molecule has 5 nitrogen and oxygen atoms in total. The van der Waals surface area contributed by atoms with Crippen molar-refractivity contribution < 1.29 is 4.42 Å². The van der Waals surface area contributed by atoms with Crippen LogP contribution in [0.3, 0.4) is 0 Å². The van der Waals surface area contributed by atoms with Crippen LogP contribution in [0.15, 0.2) is 23.1 Å². The Morgan fingerprint density at radius 3 is 3.06 bits per heavy atom. The van der Waals surface area contributed by atoms with Gasteiger partial charge in [0.2, 0.25) is 5.89 Å². The summed E-state index contributed by atoms with van der Waals surface area (Å²) in [5.74, 6) is 1.51. The summed E-state index contributed by atoms with van der Waals surface area (Å²) in [6.45, 7) is 0.711. The largest absolute Gasteiger partial charge is 0.438 e. The van der Waals surface area contributed by atoms with E-state index in [1.165, 1.54) is 12.8 Å². The standard InChI is InChI=1S/C11H14N4O/c1-15-7-12-4-9(15)10-5-14-11(16-10)6-13-8-2-3-8/h4-5,7-8,13H,2-3,6H2,1H3. The van der Waals surface area contributed by atoms with Crippen LogP contribution in [0, 0.1) is 0 Å². The van der Waals surface area contributed by atoms with Gasteiger partial charge in [0.05, 0.1) is 25.3 Å². The van der Waals surface area contributed by atoms with E-state index in [1.54, 1.807) is 18.7 Å². The first-order valence-corrected chi connectivity index (χ1v) is 5.48. The molecule has 2 aromatic rings. The molecular weight excluding hydrogens is 204 g/mol. The highest BCUT2D eigenvalue weighted by molar-refractivity contribution is 5.49. The lowest BCUT2D eigenvalue weighted by molar-refractivity contribution is 0.474. The van der Waals surface area contributed by atoms with Crippen molar-refractivity contribution in [3.63, 3.8) is 0 Å². The lowest BCUT2D eigenvalue weighted by Gasteiger charge is -1.98. The molecule has 0 atom stereocenters. The third kappa shape index (κ3) is 1.86. The Kier molecular flexibility index (Phi) is 2.25. The number of rotatable bonds is 4. The second-order valence-electron chi connectivity index (χ2n) is 4.16. The first-order chi connectivity index (χ1) is 7.83. The SMILES string of the molecule is Cn1cncc1-c1cnc(CNC2CC2)o1. The Hall–Kier alpha value is -1.62. The van der Waals surface area contributed by atoms with E-state index in [4.69, 9.17) is 4.42 Å². The summed E-state index contributed by atoms with van der Waals surface area (Å²) in [5, 5.41) is 3.37. The summed E-state index contributed by atoms with van der Waals surface area (Å²) < 4.78 is 7.57. The maximum absolute atomic E-state index is 5.65. The van der Waals surface area contributed by atoms with Crippen molar-refractivity contribution in [2.45, 2.75) is 25.4 Å². The van der Waals surface area contributed by atoms with Crippen molar-refractivity contribution in [2.24, 2.45) is 7.05 Å². The number of aromatic nitrogens is 3. The molecule has 2 aromatic heterocycles. The second-order valence-corrected chi connectivity index (χ2v) is 4.16. The average Bonchev–Trinajstić information content (AvgIpc) is 2.82. The second kappa shape index (κ2) is 3.75. The summed E-state index contributed by atoms with van der Waals surface area (Å²) in [5.41, 5.74) is 0.949. The fourth-order valence-electron chi connectivity index (χ4n) is 1.62. The van der Waals surface area contributed by atoms with Crippen LogP contribution in [-0.2, 0) is 13.6 Å². The maximum atomic E-state index is 5.65. The van der Waals surface area contributed by atoms with Crippen LogP contribution in [0.5, 0.6) is 0 Å². The Bertz CT molecular complexity index is 484. The summed E-state index contributed by atoms with van der Waals surface area (Å²) in [7, 11) is 1.94. The predicted octanol–water partition coefficient (Wildman–Crippen LogP) is 1.33. The summed E-state index contributed by atoms with van der Waals surface area (Å²) in [6, 6.07) is 0.673. The highest BCUT2D eigenvalue weighted by atomic mass is 16.4. The number of aryl methyl sites for hydroxylation is 1. The van der Waals surface area contributed by atoms with Gasteiger partial charge in [0.15, 0.2) is 5.76 Å². The minimum Gasteiger partial charge on any atom is -0.438 e. The fourth-order valence-corrected chi connectivity index (χ4v) is 1.62. The quantitative estimate of drug-likeness (QED) is 0.841. The number of oxazole rings is 1. The molecule has 0 amide bonds. The van der Waals surface area contributed by atoms with Gasteiger partial charge in [0.25, 0.3) is 0 Å². The lowest BCUT2D eigenvalue weighted by Crippen LogP contribution is -2.15. The molecule has 0 aliphatic heterocycles. The third-order valence-electron chi connectivity index (χ3n) is 2.74. The van der Waals surface area contributed by atoms with Crippen LogP contribution in [0.2, 0.25) is 0 Å². The number of nitrogens with one attached hydrogen (secondary N) is 1. The van der Waals surface area contributed by atoms with Gasteiger partial charge in [-0.3, -0.25) is 0 Å². The molecule has 1 fully saturated rings. The van der Waals surface area contributed by atoms with Gasteiger partial charge in [0, 0.05) is 13.1 Å². The van der Waals surface area contributed by atoms with E-state index in [0.717, 1.165) is 17.3 Å². The zero-order valence-electron chi connectivity index (χ0n) is 9.18. The van der Waals surface area contributed by atoms with E-state index in [-0.39, 0.29) is 0 Å². The van der Waals surface area contributed by atoms with Crippen LogP contribution in [-0.4, -0.2) is 20.6 Å². The van der Waals surface area contributed by atoms with Crippen molar-refractivity contribution in [2.75, 3.05) is 0 Å². The van der Waals surface area contributed by atoms with Crippen molar-refractivity contribution in [1.29, 1.82) is 0 Å². The van der Waals surface area contributed by atoms with Crippen molar-refractivity contribution in [3.05, 3.63) is 24.6 Å². The van der Waals surface area contributed by atoms with E-state index in [1.807, 2.05) is 11.6 Å². The minimum absolute atomic E-state index is 0.673. The van der Waals surface area contributed by atoms with Crippen LogP contribution in [0.1, 0.15) is 18.7 Å². The highest BCUT2D eigenvalue weighted by Crippen LogP contribution is 2.21. The van der Waals surface area contributed by atoms with Crippen molar-refractivity contribution >= 4 is 0 Å². The molecule has 0 saturated heterocycles. The lowest BCUT2D eigenvalue weighted by atomic mass is 10.4. The smallest absolute Gasteiger partial charge is 0.208 e. The summed E-state index contributed by atoms with van der Waals surface area (Å²) in [4.78, 5) is 8.29. The van der Waals surface area contributed by atoms with Gasteiger partial charge >= 0.3 is 0 Å². The van der Waals surface area contributed by atoms with Gasteiger partial charge in [0.1, 0.15) is 5.69 Å². The van der Waals surface area contributed by atoms with Gasteiger partial charge in [-0.1, -0.05) is 0 Å². The molecular formula is C11H14N4O. The normalized spacial score (nSPS) is 15.6. The van der Waals surface area contributed by atoms with E-state index in [9.17, 15) is 0 Å². The topological polar surface area (TPSA) is 55.9 Å². The van der Waals surface area contributed by atoms with E-state index in [0.29, 0.717) is 12.6 Å². The van der Waals surface area contributed by atoms with E-state index in [2.05, 4.69) is 15.3 Å². The van der Waals surface area contributed by atoms with Crippen LogP contribution < -0.4 is 5.32 Å². The Balaban J connectivity index is 1.74. The monoisotopic (exact) mass is 218 g/mol. The van der Waals surface area contributed by atoms with E-state index < -0.39 is 0 Å². The van der Waals surface area contributed by atoms with Gasteiger partial charge in [-0.05, 0) is 12.8 Å². The Morgan fingerprint density at radius 1 is 1.50 bits per heavy atom. The third-order valence-corrected chi connectivity index (χ3v) is 2.74. The average molecular weight is 218 g/mol. The number of imidazole rings is 1. The van der Waals surface area contributed by atoms with Crippen LogP contribution >= 0.6 is 0 Å². The molecule has 84 valence electrons. The Morgan fingerprint density at radius 2 is 2.38 bits per heavy atom. The molecule has 0 aromatic carbocycles. The molecule has 16 heavy (non-hydrogen) atoms. The zero-order chi connectivity index (χ0) is 11.0. The van der Waals surface area contributed by atoms with Gasteiger partial charge in [-0.25, -0.2) is 9.97 Å². The molecule has 0 spiro atoms. The Labute approximate surface area is 93.5 Å². The van der Waals surface area contributed by atoms with Crippen LogP contribution in [0.4, 0.5) is 0 Å². The summed E-state index contributed by atoms with van der Waals surface area (Å²) in [6.07, 6.45) is 7.82. The molecule has 1 N–H and O–H groups in total. The zero-order valence-corrected chi connectivity index (χ0v) is 9.18. The molecule has 0 radical (unpaired) electrons. The number of hydrogen-bond donors (Lipinski definition) is 1. The molecule has 1 saturated carbocycles. The number of hydrogen-bond acceptors (Lipinski definition) is 4. The maximum Gasteiger partial charge on any atom is 0.208 e. The molecule has 5 heteroatoms. The molecule has 0 unspecified atom stereocenters. The fraction of sp³-hybridized carbons (Fsp3) is 0.455. The highest BCUT2D eigenvalue weighted by Gasteiger charge is 2.21. The first-order valence-electron chi connectivity index (χ1n) is 5.48. The van der Waals surface area contributed by atoms with Gasteiger partial charge in [-0.2, -0.15) is 0 Å². The number of nitrogens with zero attached hydrogens (tertiary/aromatic N) is 3. The molecule has 1 aliphatic carbocycles. The molecule has 3 rings (SSSR count). The molecule has 0 bridgehead atoms.